The summed E-state index contributed by atoms with van der Waals surface area (Å²) < 4.78 is 0. The summed E-state index contributed by atoms with van der Waals surface area (Å²) in [5.41, 5.74) is 2.61. The van der Waals surface area contributed by atoms with Crippen LogP contribution in [-0.2, 0) is 22.6 Å². The fourth-order valence-electron chi connectivity index (χ4n) is 1.73. The Labute approximate surface area is 83.2 Å². The molecule has 0 spiro atoms. The molecule has 0 unspecified atom stereocenters. The summed E-state index contributed by atoms with van der Waals surface area (Å²) in [4.78, 5) is 15.8. The fourth-order valence-corrected chi connectivity index (χ4v) is 1.73. The highest BCUT2D eigenvalue weighted by atomic mass is 16.7. The molecule has 1 aromatic rings. The molecule has 0 aromatic heterocycles. The molecule has 2 rings (SSSR count). The van der Waals surface area contributed by atoms with Gasteiger partial charge in [-0.05, 0) is 17.5 Å². The van der Waals surface area contributed by atoms with E-state index in [-0.39, 0.29) is 5.97 Å². The van der Waals surface area contributed by atoms with E-state index in [2.05, 4.69) is 12.1 Å². The number of benzene rings is 1. The van der Waals surface area contributed by atoms with Gasteiger partial charge in [-0.3, -0.25) is 4.79 Å². The van der Waals surface area contributed by atoms with Gasteiger partial charge in [-0.15, -0.1) is 5.06 Å². The molecular formula is C11H13NO2. The largest absolute Gasteiger partial charge is 0.368 e. The first-order chi connectivity index (χ1) is 6.75. The highest BCUT2D eigenvalue weighted by molar-refractivity contribution is 5.65. The number of hydroxylamine groups is 2. The van der Waals surface area contributed by atoms with E-state index in [1.807, 2.05) is 12.1 Å². The van der Waals surface area contributed by atoms with Crippen LogP contribution in [0.1, 0.15) is 18.1 Å². The van der Waals surface area contributed by atoms with Crippen molar-refractivity contribution in [3.05, 3.63) is 35.4 Å². The van der Waals surface area contributed by atoms with Crippen LogP contribution in [0.4, 0.5) is 0 Å². The maximum atomic E-state index is 10.8. The molecule has 0 saturated heterocycles. The molecule has 3 nitrogen and oxygen atoms in total. The van der Waals surface area contributed by atoms with Gasteiger partial charge in [0, 0.05) is 13.5 Å². The Morgan fingerprint density at radius 3 is 2.79 bits per heavy atom. The van der Waals surface area contributed by atoms with E-state index in [0.717, 1.165) is 13.0 Å². The zero-order valence-electron chi connectivity index (χ0n) is 8.19. The van der Waals surface area contributed by atoms with E-state index in [4.69, 9.17) is 4.84 Å². The second-order valence-corrected chi connectivity index (χ2v) is 3.47. The SMILES string of the molecule is CC(=O)ON1CCc2ccccc2C1. The lowest BCUT2D eigenvalue weighted by Crippen LogP contribution is -2.32. The van der Waals surface area contributed by atoms with Gasteiger partial charge < -0.3 is 4.84 Å². The summed E-state index contributed by atoms with van der Waals surface area (Å²) in [6.45, 7) is 2.92. The van der Waals surface area contributed by atoms with Crippen molar-refractivity contribution in [3.63, 3.8) is 0 Å². The Morgan fingerprint density at radius 2 is 2.07 bits per heavy atom. The molecular weight excluding hydrogens is 178 g/mol. The predicted molar refractivity (Wildman–Crippen MR) is 52.3 cm³/mol. The summed E-state index contributed by atoms with van der Waals surface area (Å²) in [6.07, 6.45) is 0.948. The van der Waals surface area contributed by atoms with Gasteiger partial charge in [-0.2, -0.15) is 0 Å². The summed E-state index contributed by atoms with van der Waals surface area (Å²) >= 11 is 0. The second kappa shape index (κ2) is 3.80. The Kier molecular flexibility index (Phi) is 2.50. The maximum absolute atomic E-state index is 10.8. The number of fused-ring (bicyclic) bond motifs is 1. The van der Waals surface area contributed by atoms with Crippen LogP contribution in [0, 0.1) is 0 Å². The number of hydrogen-bond donors (Lipinski definition) is 0. The van der Waals surface area contributed by atoms with Gasteiger partial charge in [-0.25, -0.2) is 0 Å². The third kappa shape index (κ3) is 1.93. The molecule has 0 aliphatic carbocycles. The minimum absolute atomic E-state index is 0.246. The van der Waals surface area contributed by atoms with Crippen molar-refractivity contribution < 1.29 is 9.63 Å². The molecule has 0 fully saturated rings. The van der Waals surface area contributed by atoms with Gasteiger partial charge in [-0.1, -0.05) is 24.3 Å². The van der Waals surface area contributed by atoms with Crippen molar-refractivity contribution in [2.45, 2.75) is 19.9 Å². The van der Waals surface area contributed by atoms with Crippen molar-refractivity contribution in [2.75, 3.05) is 6.54 Å². The van der Waals surface area contributed by atoms with Gasteiger partial charge in [0.15, 0.2) is 0 Å². The number of hydrogen-bond acceptors (Lipinski definition) is 3. The molecule has 1 aliphatic rings. The van der Waals surface area contributed by atoms with Gasteiger partial charge in [0.1, 0.15) is 0 Å². The fraction of sp³-hybridized carbons (Fsp3) is 0.364. The van der Waals surface area contributed by atoms with Crippen LogP contribution in [0.3, 0.4) is 0 Å². The lowest BCUT2D eigenvalue weighted by molar-refractivity contribution is -0.192. The molecule has 0 amide bonds. The van der Waals surface area contributed by atoms with Crippen LogP contribution >= 0.6 is 0 Å². The van der Waals surface area contributed by atoms with Crippen molar-refractivity contribution >= 4 is 5.97 Å². The van der Waals surface area contributed by atoms with Crippen LogP contribution < -0.4 is 0 Å². The monoisotopic (exact) mass is 191 g/mol. The van der Waals surface area contributed by atoms with Crippen LogP contribution in [0.25, 0.3) is 0 Å². The summed E-state index contributed by atoms with van der Waals surface area (Å²) in [7, 11) is 0. The lowest BCUT2D eigenvalue weighted by Gasteiger charge is -2.26. The predicted octanol–water partition coefficient (Wildman–Crippen LogP) is 1.52. The number of carbonyl (C=O) groups is 1. The van der Waals surface area contributed by atoms with Crippen molar-refractivity contribution in [1.82, 2.24) is 5.06 Å². The van der Waals surface area contributed by atoms with Crippen LogP contribution in [-0.4, -0.2) is 17.6 Å². The topological polar surface area (TPSA) is 29.5 Å². The average molecular weight is 191 g/mol. The van der Waals surface area contributed by atoms with Crippen molar-refractivity contribution in [3.8, 4) is 0 Å². The first-order valence-corrected chi connectivity index (χ1v) is 4.76. The van der Waals surface area contributed by atoms with E-state index in [0.29, 0.717) is 6.54 Å². The Balaban J connectivity index is 2.09. The Bertz CT molecular complexity index is 349. The zero-order valence-corrected chi connectivity index (χ0v) is 8.19. The van der Waals surface area contributed by atoms with Gasteiger partial charge in [0.25, 0.3) is 0 Å². The highest BCUT2D eigenvalue weighted by Gasteiger charge is 2.17. The molecule has 3 heteroatoms. The first-order valence-electron chi connectivity index (χ1n) is 4.76. The smallest absolute Gasteiger partial charge is 0.322 e. The third-order valence-corrected chi connectivity index (χ3v) is 2.35. The Hall–Kier alpha value is -1.35. The normalized spacial score (nSPS) is 16.1. The maximum Gasteiger partial charge on any atom is 0.322 e. The van der Waals surface area contributed by atoms with Gasteiger partial charge in [0.2, 0.25) is 0 Å². The van der Waals surface area contributed by atoms with Crippen LogP contribution in [0.2, 0.25) is 0 Å². The lowest BCUT2D eigenvalue weighted by atomic mass is 10.0. The van der Waals surface area contributed by atoms with E-state index < -0.39 is 0 Å². The molecule has 14 heavy (non-hydrogen) atoms. The number of carbonyl (C=O) groups excluding carboxylic acids is 1. The molecule has 0 bridgehead atoms. The Morgan fingerprint density at radius 1 is 1.36 bits per heavy atom. The second-order valence-electron chi connectivity index (χ2n) is 3.47. The summed E-state index contributed by atoms with van der Waals surface area (Å²) in [6, 6.07) is 8.25. The molecule has 0 saturated carbocycles. The first kappa shape index (κ1) is 9.21. The van der Waals surface area contributed by atoms with E-state index in [1.165, 1.54) is 18.1 Å². The van der Waals surface area contributed by atoms with Crippen LogP contribution in [0.5, 0.6) is 0 Å². The zero-order chi connectivity index (χ0) is 9.97. The average Bonchev–Trinajstić information content (AvgIpc) is 2.17. The standard InChI is InChI=1S/C11H13NO2/c1-9(13)14-12-7-6-10-4-2-3-5-11(10)8-12/h2-5H,6-8H2,1H3. The number of rotatable bonds is 1. The molecule has 0 N–H and O–H groups in total. The molecule has 74 valence electrons. The van der Waals surface area contributed by atoms with Gasteiger partial charge >= 0.3 is 5.97 Å². The molecule has 0 radical (unpaired) electrons. The molecule has 1 aromatic carbocycles. The van der Waals surface area contributed by atoms with E-state index in [1.54, 1.807) is 5.06 Å². The molecule has 1 aliphatic heterocycles. The van der Waals surface area contributed by atoms with E-state index >= 15 is 0 Å². The molecule has 1 heterocycles. The van der Waals surface area contributed by atoms with Crippen LogP contribution in [0.15, 0.2) is 24.3 Å². The summed E-state index contributed by atoms with van der Waals surface area (Å²) in [5, 5.41) is 1.71. The quantitative estimate of drug-likeness (QED) is 0.674. The number of nitrogens with zero attached hydrogens (tertiary/aromatic N) is 1. The van der Waals surface area contributed by atoms with Gasteiger partial charge in [0.05, 0.1) is 6.54 Å². The van der Waals surface area contributed by atoms with Crippen molar-refractivity contribution in [2.24, 2.45) is 0 Å². The minimum atomic E-state index is -0.246. The third-order valence-electron chi connectivity index (χ3n) is 2.35. The van der Waals surface area contributed by atoms with Crippen molar-refractivity contribution in [1.29, 1.82) is 0 Å². The summed E-state index contributed by atoms with van der Waals surface area (Å²) in [5.74, 6) is -0.246. The molecule has 0 atom stereocenters. The van der Waals surface area contributed by atoms with E-state index in [9.17, 15) is 4.79 Å². The highest BCUT2D eigenvalue weighted by Crippen LogP contribution is 2.18. The minimum Gasteiger partial charge on any atom is -0.368 e.